The monoisotopic (exact) mass is 485 g/mol. The first-order chi connectivity index (χ1) is 15.9. The molecule has 10 heteroatoms. The molecule has 170 valence electrons. The van der Waals surface area contributed by atoms with Crippen molar-refractivity contribution in [3.05, 3.63) is 70.3 Å². The molecule has 1 saturated heterocycles. The summed E-state index contributed by atoms with van der Waals surface area (Å²) in [7, 11) is 0. The maximum absolute atomic E-state index is 12.8. The molecule has 0 saturated carbocycles. The lowest BCUT2D eigenvalue weighted by molar-refractivity contribution is -0.114. The van der Waals surface area contributed by atoms with Crippen LogP contribution in [0.1, 0.15) is 17.3 Å². The molecule has 4 rings (SSSR count). The third-order valence-corrected chi connectivity index (χ3v) is 5.41. The van der Waals surface area contributed by atoms with Crippen LogP contribution in [0.5, 0.6) is 11.6 Å². The zero-order chi connectivity index (χ0) is 23.4. The predicted molar refractivity (Wildman–Crippen MR) is 127 cm³/mol. The largest absolute Gasteiger partial charge is 0.439 e. The Labute approximate surface area is 201 Å². The van der Waals surface area contributed by atoms with E-state index in [0.717, 1.165) is 0 Å². The summed E-state index contributed by atoms with van der Waals surface area (Å²) >= 11 is 12.1. The van der Waals surface area contributed by atoms with Gasteiger partial charge < -0.3 is 19.9 Å². The zero-order valence-electron chi connectivity index (χ0n) is 17.8. The fourth-order valence-corrected chi connectivity index (χ4v) is 3.95. The van der Waals surface area contributed by atoms with Crippen LogP contribution in [0, 0.1) is 0 Å². The Morgan fingerprint density at radius 2 is 1.64 bits per heavy atom. The van der Waals surface area contributed by atoms with Crippen molar-refractivity contribution in [2.24, 2.45) is 0 Å². The molecule has 0 bridgehead atoms. The summed E-state index contributed by atoms with van der Waals surface area (Å²) < 4.78 is 5.78. The standard InChI is InChI=1S/C23H21Cl2N5O3/c1-15(31)27-19-4-2-16(3-5-19)22(32)29-8-10-30(11-9-29)23-26-7-6-21(28-23)33-20-13-17(24)12-18(25)14-20/h2-7,12-14H,8-11H2,1H3,(H,27,31). The van der Waals surface area contributed by atoms with Crippen molar-refractivity contribution in [3.8, 4) is 11.6 Å². The Bertz CT molecular complexity index is 1140. The molecule has 2 amide bonds. The highest BCUT2D eigenvalue weighted by atomic mass is 35.5. The average molecular weight is 486 g/mol. The summed E-state index contributed by atoms with van der Waals surface area (Å²) in [6.45, 7) is 3.68. The first-order valence-electron chi connectivity index (χ1n) is 10.3. The average Bonchev–Trinajstić information content (AvgIpc) is 2.78. The van der Waals surface area contributed by atoms with Crippen molar-refractivity contribution < 1.29 is 14.3 Å². The molecule has 1 N–H and O–H groups in total. The van der Waals surface area contributed by atoms with E-state index in [0.29, 0.717) is 65.1 Å². The highest BCUT2D eigenvalue weighted by molar-refractivity contribution is 6.34. The number of rotatable bonds is 5. The van der Waals surface area contributed by atoms with Gasteiger partial charge in [-0.05, 0) is 42.5 Å². The number of hydrogen-bond acceptors (Lipinski definition) is 6. The van der Waals surface area contributed by atoms with Crippen molar-refractivity contribution in [2.75, 3.05) is 36.4 Å². The highest BCUT2D eigenvalue weighted by Gasteiger charge is 2.24. The molecule has 0 atom stereocenters. The molecule has 0 unspecified atom stereocenters. The summed E-state index contributed by atoms with van der Waals surface area (Å²) in [6, 6.07) is 13.5. The number of nitrogens with zero attached hydrogens (tertiary/aromatic N) is 4. The van der Waals surface area contributed by atoms with Crippen LogP contribution >= 0.6 is 23.2 Å². The molecule has 2 aromatic carbocycles. The van der Waals surface area contributed by atoms with Gasteiger partial charge in [0.25, 0.3) is 5.91 Å². The van der Waals surface area contributed by atoms with Crippen LogP contribution in [-0.4, -0.2) is 52.9 Å². The Morgan fingerprint density at radius 3 is 2.27 bits per heavy atom. The molecule has 0 radical (unpaired) electrons. The number of piperazine rings is 1. The van der Waals surface area contributed by atoms with Gasteiger partial charge in [-0.1, -0.05) is 23.2 Å². The van der Waals surface area contributed by atoms with Crippen molar-refractivity contribution in [2.45, 2.75) is 6.92 Å². The second kappa shape index (κ2) is 10.1. The molecule has 33 heavy (non-hydrogen) atoms. The number of aromatic nitrogens is 2. The zero-order valence-corrected chi connectivity index (χ0v) is 19.3. The number of anilines is 2. The molecule has 1 aliphatic heterocycles. The number of carbonyl (C=O) groups is 2. The summed E-state index contributed by atoms with van der Waals surface area (Å²) in [5.74, 6) is 1.17. The summed E-state index contributed by atoms with van der Waals surface area (Å²) in [5, 5.41) is 3.63. The van der Waals surface area contributed by atoms with Gasteiger partial charge in [0.1, 0.15) is 5.75 Å². The lowest BCUT2D eigenvalue weighted by Gasteiger charge is -2.34. The van der Waals surface area contributed by atoms with Gasteiger partial charge in [0, 0.05) is 66.7 Å². The Balaban J connectivity index is 1.37. The normalized spacial score (nSPS) is 13.5. The molecule has 8 nitrogen and oxygen atoms in total. The summed E-state index contributed by atoms with van der Waals surface area (Å²) in [4.78, 5) is 36.6. The van der Waals surface area contributed by atoms with E-state index in [9.17, 15) is 9.59 Å². The van der Waals surface area contributed by atoms with Crippen LogP contribution in [0.25, 0.3) is 0 Å². The minimum absolute atomic E-state index is 0.0557. The van der Waals surface area contributed by atoms with E-state index < -0.39 is 0 Å². The Morgan fingerprint density at radius 1 is 0.970 bits per heavy atom. The van der Waals surface area contributed by atoms with Gasteiger partial charge in [-0.2, -0.15) is 4.98 Å². The smallest absolute Gasteiger partial charge is 0.253 e. The number of nitrogens with one attached hydrogen (secondary N) is 1. The number of benzene rings is 2. The minimum Gasteiger partial charge on any atom is -0.439 e. The van der Waals surface area contributed by atoms with E-state index in [1.807, 2.05) is 4.90 Å². The van der Waals surface area contributed by atoms with Gasteiger partial charge in [0.05, 0.1) is 0 Å². The first kappa shape index (κ1) is 22.8. The lowest BCUT2D eigenvalue weighted by Crippen LogP contribution is -2.49. The van der Waals surface area contributed by atoms with Crippen LogP contribution < -0.4 is 15.0 Å². The Kier molecular flexibility index (Phi) is 6.96. The number of carbonyl (C=O) groups excluding carboxylic acids is 2. The fourth-order valence-electron chi connectivity index (χ4n) is 3.44. The van der Waals surface area contributed by atoms with E-state index in [2.05, 4.69) is 15.3 Å². The van der Waals surface area contributed by atoms with Crippen molar-refractivity contribution in [3.63, 3.8) is 0 Å². The molecule has 1 aliphatic rings. The molecular formula is C23H21Cl2N5O3. The minimum atomic E-state index is -0.154. The molecular weight excluding hydrogens is 465 g/mol. The molecule has 1 fully saturated rings. The highest BCUT2D eigenvalue weighted by Crippen LogP contribution is 2.28. The maximum atomic E-state index is 12.8. The number of halogens is 2. The second-order valence-corrected chi connectivity index (χ2v) is 8.31. The molecule has 3 aromatic rings. The van der Waals surface area contributed by atoms with Crippen molar-refractivity contribution >= 4 is 46.7 Å². The third kappa shape index (κ3) is 5.91. The van der Waals surface area contributed by atoms with Gasteiger partial charge in [-0.25, -0.2) is 4.98 Å². The van der Waals surface area contributed by atoms with Crippen LogP contribution in [0.2, 0.25) is 10.0 Å². The quantitative estimate of drug-likeness (QED) is 0.572. The number of ether oxygens (including phenoxy) is 1. The number of hydrogen-bond donors (Lipinski definition) is 1. The second-order valence-electron chi connectivity index (χ2n) is 7.44. The van der Waals surface area contributed by atoms with E-state index >= 15 is 0 Å². The van der Waals surface area contributed by atoms with E-state index in [1.54, 1.807) is 59.6 Å². The summed E-state index contributed by atoms with van der Waals surface area (Å²) in [5.41, 5.74) is 1.23. The Hall–Kier alpha value is -3.36. The van der Waals surface area contributed by atoms with Gasteiger partial charge in [-0.3, -0.25) is 9.59 Å². The van der Waals surface area contributed by atoms with Crippen molar-refractivity contribution in [1.29, 1.82) is 0 Å². The van der Waals surface area contributed by atoms with Gasteiger partial charge in [-0.15, -0.1) is 0 Å². The summed E-state index contributed by atoms with van der Waals surface area (Å²) in [6.07, 6.45) is 1.62. The molecule has 0 spiro atoms. The molecule has 2 heterocycles. The van der Waals surface area contributed by atoms with Crippen LogP contribution in [0.4, 0.5) is 11.6 Å². The van der Waals surface area contributed by atoms with E-state index in [-0.39, 0.29) is 11.8 Å². The fraction of sp³-hybridized carbons (Fsp3) is 0.217. The van der Waals surface area contributed by atoms with Crippen LogP contribution in [-0.2, 0) is 4.79 Å². The van der Waals surface area contributed by atoms with Gasteiger partial charge in [0.15, 0.2) is 0 Å². The predicted octanol–water partition coefficient (Wildman–Crippen LogP) is 4.50. The van der Waals surface area contributed by atoms with Crippen LogP contribution in [0.3, 0.4) is 0 Å². The maximum Gasteiger partial charge on any atom is 0.253 e. The van der Waals surface area contributed by atoms with E-state index in [4.69, 9.17) is 27.9 Å². The van der Waals surface area contributed by atoms with Crippen LogP contribution in [0.15, 0.2) is 54.7 Å². The van der Waals surface area contributed by atoms with Gasteiger partial charge >= 0.3 is 0 Å². The topological polar surface area (TPSA) is 87.7 Å². The van der Waals surface area contributed by atoms with Gasteiger partial charge in [0.2, 0.25) is 17.7 Å². The third-order valence-electron chi connectivity index (χ3n) is 4.98. The molecule has 0 aliphatic carbocycles. The SMILES string of the molecule is CC(=O)Nc1ccc(C(=O)N2CCN(c3nccc(Oc4cc(Cl)cc(Cl)c4)n3)CC2)cc1. The van der Waals surface area contributed by atoms with E-state index in [1.165, 1.54) is 6.92 Å². The molecule has 1 aromatic heterocycles. The lowest BCUT2D eigenvalue weighted by atomic mass is 10.1. The number of amides is 2. The van der Waals surface area contributed by atoms with Crippen molar-refractivity contribution in [1.82, 2.24) is 14.9 Å². The first-order valence-corrected chi connectivity index (χ1v) is 11.0.